The minimum atomic E-state index is -0.201. The van der Waals surface area contributed by atoms with Gasteiger partial charge in [0.05, 0.1) is 17.7 Å². The van der Waals surface area contributed by atoms with E-state index < -0.39 is 0 Å². The number of halogens is 2. The van der Waals surface area contributed by atoms with Crippen molar-refractivity contribution in [2.75, 3.05) is 7.11 Å². The van der Waals surface area contributed by atoms with Gasteiger partial charge in [0.2, 0.25) is 0 Å². The van der Waals surface area contributed by atoms with Crippen LogP contribution >= 0.6 is 39.3 Å². The maximum absolute atomic E-state index is 12.5. The number of thioether (sulfide) groups is 1. The van der Waals surface area contributed by atoms with Crippen molar-refractivity contribution in [3.05, 3.63) is 91.8 Å². The summed E-state index contributed by atoms with van der Waals surface area (Å²) in [5.41, 5.74) is 3.57. The van der Waals surface area contributed by atoms with Crippen LogP contribution in [0.2, 0.25) is 5.02 Å². The van der Waals surface area contributed by atoms with Gasteiger partial charge in [0.15, 0.2) is 16.7 Å². The molecule has 4 rings (SSSR count). The highest BCUT2D eigenvalue weighted by atomic mass is 79.9. The van der Waals surface area contributed by atoms with E-state index in [1.165, 1.54) is 11.8 Å². The van der Waals surface area contributed by atoms with E-state index in [1.807, 2.05) is 61.5 Å². The molecule has 0 aliphatic carbocycles. The second-order valence-electron chi connectivity index (χ2n) is 7.24. The van der Waals surface area contributed by atoms with Gasteiger partial charge in [-0.05, 0) is 77.9 Å². The summed E-state index contributed by atoms with van der Waals surface area (Å²) >= 11 is 10.8. The van der Waals surface area contributed by atoms with Crippen LogP contribution in [0.3, 0.4) is 0 Å². The van der Waals surface area contributed by atoms with Crippen LogP contribution in [0.15, 0.2) is 75.0 Å². The summed E-state index contributed by atoms with van der Waals surface area (Å²) in [7, 11) is 1.59. The Morgan fingerprint density at radius 2 is 1.88 bits per heavy atom. The molecule has 0 radical (unpaired) electrons. The highest BCUT2D eigenvalue weighted by molar-refractivity contribution is 9.10. The van der Waals surface area contributed by atoms with Crippen molar-refractivity contribution in [1.29, 1.82) is 0 Å². The number of aryl methyl sites for hydroxylation is 1. The number of carbonyl (C=O) groups is 1. The molecule has 33 heavy (non-hydrogen) atoms. The minimum Gasteiger partial charge on any atom is -0.493 e. The van der Waals surface area contributed by atoms with Gasteiger partial charge in [-0.1, -0.05) is 51.8 Å². The van der Waals surface area contributed by atoms with Gasteiger partial charge < -0.3 is 14.8 Å². The number of methoxy groups -OCH3 is 1. The van der Waals surface area contributed by atoms with Crippen molar-refractivity contribution < 1.29 is 14.3 Å². The number of amidine groups is 1. The number of nitrogens with one attached hydrogen (secondary N) is 1. The Kier molecular flexibility index (Phi) is 7.42. The predicted octanol–water partition coefficient (Wildman–Crippen LogP) is 6.89. The number of hydrogen-bond acceptors (Lipinski definition) is 5. The van der Waals surface area contributed by atoms with E-state index >= 15 is 0 Å². The summed E-state index contributed by atoms with van der Waals surface area (Å²) in [5, 5.41) is 3.91. The zero-order valence-corrected chi connectivity index (χ0v) is 21.1. The number of rotatable bonds is 6. The molecule has 1 saturated heterocycles. The summed E-state index contributed by atoms with van der Waals surface area (Å²) in [6, 6.07) is 19.0. The molecule has 0 aromatic heterocycles. The Balaban J connectivity index is 1.50. The van der Waals surface area contributed by atoms with Crippen LogP contribution in [0, 0.1) is 6.92 Å². The third-order valence-electron chi connectivity index (χ3n) is 4.84. The number of aliphatic imine (C=N–C) groups is 1. The Hall–Kier alpha value is -2.74. The van der Waals surface area contributed by atoms with Crippen molar-refractivity contribution in [3.63, 3.8) is 0 Å². The molecule has 168 valence electrons. The summed E-state index contributed by atoms with van der Waals surface area (Å²) in [6.07, 6.45) is 1.80. The molecule has 0 spiro atoms. The Morgan fingerprint density at radius 3 is 2.64 bits per heavy atom. The van der Waals surface area contributed by atoms with Crippen LogP contribution in [0.4, 0.5) is 5.69 Å². The molecule has 1 aliphatic rings. The normalized spacial score (nSPS) is 15.7. The van der Waals surface area contributed by atoms with Gasteiger partial charge in [-0.2, -0.15) is 0 Å². The van der Waals surface area contributed by atoms with Gasteiger partial charge in [0, 0.05) is 9.50 Å². The first-order valence-electron chi connectivity index (χ1n) is 10.0. The van der Waals surface area contributed by atoms with E-state index in [1.54, 1.807) is 19.3 Å². The first-order chi connectivity index (χ1) is 15.9. The van der Waals surface area contributed by atoms with Crippen LogP contribution in [-0.4, -0.2) is 18.2 Å². The highest BCUT2D eigenvalue weighted by Crippen LogP contribution is 2.33. The van der Waals surface area contributed by atoms with Gasteiger partial charge in [0.25, 0.3) is 5.91 Å². The molecule has 0 bridgehead atoms. The molecule has 3 aromatic carbocycles. The molecule has 1 fully saturated rings. The first-order valence-corrected chi connectivity index (χ1v) is 12.0. The van der Waals surface area contributed by atoms with E-state index in [0.29, 0.717) is 33.2 Å². The Morgan fingerprint density at radius 1 is 1.09 bits per heavy atom. The van der Waals surface area contributed by atoms with E-state index in [4.69, 9.17) is 21.1 Å². The molecule has 8 heteroatoms. The zero-order valence-electron chi connectivity index (χ0n) is 17.9. The zero-order chi connectivity index (χ0) is 23.4. The molecule has 1 heterocycles. The monoisotopic (exact) mass is 542 g/mol. The Labute approximate surface area is 210 Å². The molecule has 5 nitrogen and oxygen atoms in total. The largest absolute Gasteiger partial charge is 0.493 e. The fourth-order valence-electron chi connectivity index (χ4n) is 3.08. The standard InChI is InChI=1S/C25H20BrClN2O3S/c1-15-3-9-19(27)13-20(15)28-25-29-24(30)23(33-25)12-17-6-10-21(22(11-17)31-2)32-14-16-4-7-18(26)8-5-16/h3-13H,14H2,1-2H3,(H,28,29,30)/b23-12-. The number of carbonyl (C=O) groups excluding carboxylic acids is 1. The molecule has 1 N–H and O–H groups in total. The van der Waals surface area contributed by atoms with Gasteiger partial charge in [-0.3, -0.25) is 4.79 Å². The summed E-state index contributed by atoms with van der Waals surface area (Å²) in [5.74, 6) is 1.02. The average Bonchev–Trinajstić information content (AvgIpc) is 3.14. The van der Waals surface area contributed by atoms with Crippen molar-refractivity contribution in [2.45, 2.75) is 13.5 Å². The van der Waals surface area contributed by atoms with Crippen molar-refractivity contribution in [1.82, 2.24) is 5.32 Å². The van der Waals surface area contributed by atoms with Crippen molar-refractivity contribution >= 4 is 62.1 Å². The number of nitrogens with zero attached hydrogens (tertiary/aromatic N) is 1. The SMILES string of the molecule is COc1cc(/C=C2\SC(=Nc3cc(Cl)ccc3C)NC2=O)ccc1OCc1ccc(Br)cc1. The lowest BCUT2D eigenvalue weighted by Gasteiger charge is -2.11. The van der Waals surface area contributed by atoms with E-state index in [0.717, 1.165) is 26.9 Å². The molecular formula is C25H20BrClN2O3S. The van der Waals surface area contributed by atoms with Gasteiger partial charge >= 0.3 is 0 Å². The second kappa shape index (κ2) is 10.5. The smallest absolute Gasteiger partial charge is 0.264 e. The lowest BCUT2D eigenvalue weighted by molar-refractivity contribution is -0.115. The Bertz CT molecular complexity index is 1260. The van der Waals surface area contributed by atoms with Crippen LogP contribution in [0.1, 0.15) is 16.7 Å². The third-order valence-corrected chi connectivity index (χ3v) is 6.51. The summed E-state index contributed by atoms with van der Waals surface area (Å²) in [6.45, 7) is 2.37. The summed E-state index contributed by atoms with van der Waals surface area (Å²) in [4.78, 5) is 17.6. The van der Waals surface area contributed by atoms with Crippen molar-refractivity contribution in [2.24, 2.45) is 4.99 Å². The third kappa shape index (κ3) is 5.99. The van der Waals surface area contributed by atoms with Gasteiger partial charge in [-0.25, -0.2) is 4.99 Å². The number of hydrogen-bond donors (Lipinski definition) is 1. The van der Waals surface area contributed by atoms with E-state index in [9.17, 15) is 4.79 Å². The maximum Gasteiger partial charge on any atom is 0.264 e. The molecular weight excluding hydrogens is 524 g/mol. The average molecular weight is 544 g/mol. The van der Waals surface area contributed by atoms with Crippen LogP contribution in [0.5, 0.6) is 11.5 Å². The first kappa shape index (κ1) is 23.4. The van der Waals surface area contributed by atoms with Crippen LogP contribution < -0.4 is 14.8 Å². The maximum atomic E-state index is 12.5. The molecule has 3 aromatic rings. The molecule has 0 saturated carbocycles. The van der Waals surface area contributed by atoms with Crippen LogP contribution in [-0.2, 0) is 11.4 Å². The minimum absolute atomic E-state index is 0.201. The number of amides is 1. The van der Waals surface area contributed by atoms with E-state index in [-0.39, 0.29) is 5.91 Å². The topological polar surface area (TPSA) is 59.9 Å². The predicted molar refractivity (Wildman–Crippen MR) is 138 cm³/mol. The van der Waals surface area contributed by atoms with E-state index in [2.05, 4.69) is 26.2 Å². The molecule has 0 unspecified atom stereocenters. The summed E-state index contributed by atoms with van der Waals surface area (Å²) < 4.78 is 12.5. The van der Waals surface area contributed by atoms with Crippen molar-refractivity contribution in [3.8, 4) is 11.5 Å². The van der Waals surface area contributed by atoms with Crippen LogP contribution in [0.25, 0.3) is 6.08 Å². The molecule has 1 aliphatic heterocycles. The second-order valence-corrected chi connectivity index (χ2v) is 9.62. The fraction of sp³-hybridized carbons (Fsp3) is 0.120. The number of ether oxygens (including phenoxy) is 2. The highest BCUT2D eigenvalue weighted by Gasteiger charge is 2.24. The fourth-order valence-corrected chi connectivity index (χ4v) is 4.34. The van der Waals surface area contributed by atoms with Gasteiger partial charge in [-0.15, -0.1) is 0 Å². The number of benzene rings is 3. The lowest BCUT2D eigenvalue weighted by Crippen LogP contribution is -2.19. The van der Waals surface area contributed by atoms with Gasteiger partial charge in [0.1, 0.15) is 6.61 Å². The molecule has 0 atom stereocenters. The lowest BCUT2D eigenvalue weighted by atomic mass is 10.2. The quantitative estimate of drug-likeness (QED) is 0.344. The molecule has 1 amide bonds.